The molecule has 0 heterocycles. The van der Waals surface area contributed by atoms with Gasteiger partial charge in [-0.1, -0.05) is 57.4 Å². The normalized spacial score (nSPS) is 10.3. The zero-order chi connectivity index (χ0) is 17.4. The van der Waals surface area contributed by atoms with E-state index in [1.165, 1.54) is 5.56 Å². The van der Waals surface area contributed by atoms with Gasteiger partial charge in [0.2, 0.25) is 0 Å². The van der Waals surface area contributed by atoms with Crippen molar-refractivity contribution in [3.8, 4) is 5.75 Å². The number of hydrogen-bond donors (Lipinski definition) is 2. The zero-order valence-electron chi connectivity index (χ0n) is 13.4. The van der Waals surface area contributed by atoms with E-state index in [4.69, 9.17) is 16.3 Å². The lowest BCUT2D eigenvalue weighted by atomic mass is 10.1. The molecule has 0 aromatic heterocycles. The fourth-order valence-corrected chi connectivity index (χ4v) is 2.73. The second-order valence-corrected chi connectivity index (χ2v) is 6.69. The average Bonchev–Trinajstić information content (AvgIpc) is 2.56. The van der Waals surface area contributed by atoms with E-state index in [-0.39, 0.29) is 6.03 Å². The number of halogens is 2. The Kier molecular flexibility index (Phi) is 7.40. The lowest BCUT2D eigenvalue weighted by Gasteiger charge is -2.10. The van der Waals surface area contributed by atoms with Gasteiger partial charge in [-0.05, 0) is 37.1 Å². The third kappa shape index (κ3) is 6.42. The molecule has 6 heteroatoms. The van der Waals surface area contributed by atoms with Crippen LogP contribution in [-0.2, 0) is 6.54 Å². The first kappa shape index (κ1) is 18.6. The van der Waals surface area contributed by atoms with E-state index in [9.17, 15) is 4.79 Å². The molecule has 2 rings (SSSR count). The highest BCUT2D eigenvalue weighted by Gasteiger charge is 2.03. The third-order valence-electron chi connectivity index (χ3n) is 3.33. The number of aryl methyl sites for hydroxylation is 1. The molecule has 2 N–H and O–H groups in total. The Balaban J connectivity index is 1.60. The standard InChI is InChI=1S/C18H20BrClN2O2/c1-13-3-5-14(6-4-13)12-22-18(23)21-9-2-10-24-17-8-7-15(19)11-16(17)20/h3-8,11H,2,9-10,12H2,1H3,(H2,21,22,23). The molecule has 128 valence electrons. The van der Waals surface area contributed by atoms with Crippen molar-refractivity contribution in [1.29, 1.82) is 0 Å². The van der Waals surface area contributed by atoms with Crippen LogP contribution in [0.4, 0.5) is 4.79 Å². The van der Waals surface area contributed by atoms with Crippen LogP contribution >= 0.6 is 27.5 Å². The van der Waals surface area contributed by atoms with Gasteiger partial charge in [0.05, 0.1) is 11.6 Å². The third-order valence-corrected chi connectivity index (χ3v) is 4.12. The minimum Gasteiger partial charge on any atom is -0.492 e. The highest BCUT2D eigenvalue weighted by Crippen LogP contribution is 2.27. The summed E-state index contributed by atoms with van der Waals surface area (Å²) < 4.78 is 6.50. The Morgan fingerprint density at radius 3 is 2.62 bits per heavy atom. The molecular weight excluding hydrogens is 392 g/mol. The first-order valence-electron chi connectivity index (χ1n) is 7.69. The van der Waals surface area contributed by atoms with Crippen molar-refractivity contribution in [3.63, 3.8) is 0 Å². The largest absolute Gasteiger partial charge is 0.492 e. The highest BCUT2D eigenvalue weighted by atomic mass is 79.9. The van der Waals surface area contributed by atoms with Crippen LogP contribution < -0.4 is 15.4 Å². The maximum Gasteiger partial charge on any atom is 0.315 e. The Labute approximate surface area is 155 Å². The van der Waals surface area contributed by atoms with Gasteiger partial charge in [0.25, 0.3) is 0 Å². The highest BCUT2D eigenvalue weighted by molar-refractivity contribution is 9.10. The maximum absolute atomic E-state index is 11.7. The van der Waals surface area contributed by atoms with Crippen LogP contribution in [0, 0.1) is 6.92 Å². The summed E-state index contributed by atoms with van der Waals surface area (Å²) in [6.45, 7) is 3.57. The number of amides is 2. The van der Waals surface area contributed by atoms with Gasteiger partial charge in [-0.15, -0.1) is 0 Å². The van der Waals surface area contributed by atoms with Crippen molar-refractivity contribution in [2.75, 3.05) is 13.2 Å². The van der Waals surface area contributed by atoms with Gasteiger partial charge in [-0.25, -0.2) is 4.79 Å². The summed E-state index contributed by atoms with van der Waals surface area (Å²) in [7, 11) is 0. The van der Waals surface area contributed by atoms with Gasteiger partial charge in [0.15, 0.2) is 0 Å². The summed E-state index contributed by atoms with van der Waals surface area (Å²) in [4.78, 5) is 11.7. The molecule has 0 aliphatic carbocycles. The summed E-state index contributed by atoms with van der Waals surface area (Å²) in [5, 5.41) is 6.19. The number of urea groups is 1. The zero-order valence-corrected chi connectivity index (χ0v) is 15.8. The predicted molar refractivity (Wildman–Crippen MR) is 101 cm³/mol. The van der Waals surface area contributed by atoms with E-state index < -0.39 is 0 Å². The van der Waals surface area contributed by atoms with Gasteiger partial charge in [0, 0.05) is 17.6 Å². The minimum atomic E-state index is -0.183. The first-order chi connectivity index (χ1) is 11.5. The van der Waals surface area contributed by atoms with E-state index in [1.807, 2.05) is 43.3 Å². The Morgan fingerprint density at radius 1 is 1.17 bits per heavy atom. The lowest BCUT2D eigenvalue weighted by Crippen LogP contribution is -2.36. The van der Waals surface area contributed by atoms with Gasteiger partial charge in [-0.2, -0.15) is 0 Å². The van der Waals surface area contributed by atoms with Gasteiger partial charge in [-0.3, -0.25) is 0 Å². The lowest BCUT2D eigenvalue weighted by molar-refractivity contribution is 0.238. The molecule has 0 aliphatic rings. The van der Waals surface area contributed by atoms with E-state index in [0.29, 0.717) is 36.9 Å². The van der Waals surface area contributed by atoms with Gasteiger partial charge < -0.3 is 15.4 Å². The number of nitrogens with one attached hydrogen (secondary N) is 2. The molecule has 0 unspecified atom stereocenters. The van der Waals surface area contributed by atoms with Gasteiger partial charge >= 0.3 is 6.03 Å². The molecule has 0 aliphatic heterocycles. The van der Waals surface area contributed by atoms with Crippen molar-refractivity contribution in [2.45, 2.75) is 19.9 Å². The molecular formula is C18H20BrClN2O2. The topological polar surface area (TPSA) is 50.4 Å². The average molecular weight is 412 g/mol. The summed E-state index contributed by atoms with van der Waals surface area (Å²) >= 11 is 9.41. The molecule has 0 radical (unpaired) electrons. The number of carbonyl (C=O) groups is 1. The number of benzene rings is 2. The molecule has 0 saturated carbocycles. The van der Waals surface area contributed by atoms with Crippen LogP contribution in [0.3, 0.4) is 0 Å². The molecule has 24 heavy (non-hydrogen) atoms. The number of ether oxygens (including phenoxy) is 1. The first-order valence-corrected chi connectivity index (χ1v) is 8.87. The van der Waals surface area contributed by atoms with Gasteiger partial charge in [0.1, 0.15) is 5.75 Å². The van der Waals surface area contributed by atoms with E-state index in [2.05, 4.69) is 26.6 Å². The fourth-order valence-electron chi connectivity index (χ4n) is 2.00. The van der Waals surface area contributed by atoms with E-state index >= 15 is 0 Å². The van der Waals surface area contributed by atoms with Crippen molar-refractivity contribution in [3.05, 3.63) is 63.1 Å². The Bertz CT molecular complexity index is 677. The quantitative estimate of drug-likeness (QED) is 0.650. The van der Waals surface area contributed by atoms with E-state index in [0.717, 1.165) is 10.0 Å². The minimum absolute atomic E-state index is 0.183. The second kappa shape index (κ2) is 9.55. The van der Waals surface area contributed by atoms with Crippen LogP contribution in [-0.4, -0.2) is 19.2 Å². The van der Waals surface area contributed by atoms with Crippen LogP contribution in [0.2, 0.25) is 5.02 Å². The van der Waals surface area contributed by atoms with Crippen LogP contribution in [0.15, 0.2) is 46.9 Å². The number of carbonyl (C=O) groups excluding carboxylic acids is 1. The number of rotatable bonds is 7. The van der Waals surface area contributed by atoms with Crippen LogP contribution in [0.5, 0.6) is 5.75 Å². The van der Waals surface area contributed by atoms with Crippen molar-refractivity contribution >= 4 is 33.6 Å². The molecule has 0 fully saturated rings. The van der Waals surface area contributed by atoms with Crippen molar-refractivity contribution < 1.29 is 9.53 Å². The summed E-state index contributed by atoms with van der Waals surface area (Å²) in [6, 6.07) is 13.4. The molecule has 0 atom stereocenters. The van der Waals surface area contributed by atoms with Crippen LogP contribution in [0.25, 0.3) is 0 Å². The molecule has 4 nitrogen and oxygen atoms in total. The fraction of sp³-hybridized carbons (Fsp3) is 0.278. The number of hydrogen-bond acceptors (Lipinski definition) is 2. The summed E-state index contributed by atoms with van der Waals surface area (Å²) in [5.74, 6) is 0.642. The van der Waals surface area contributed by atoms with E-state index in [1.54, 1.807) is 6.07 Å². The Hall–Kier alpha value is -1.72. The SMILES string of the molecule is Cc1ccc(CNC(=O)NCCCOc2ccc(Br)cc2Cl)cc1. The van der Waals surface area contributed by atoms with Crippen LogP contribution in [0.1, 0.15) is 17.5 Å². The van der Waals surface area contributed by atoms with Crippen molar-refractivity contribution in [2.24, 2.45) is 0 Å². The Morgan fingerprint density at radius 2 is 1.92 bits per heavy atom. The smallest absolute Gasteiger partial charge is 0.315 e. The predicted octanol–water partition coefficient (Wildman–Crippen LogP) is 4.68. The monoisotopic (exact) mass is 410 g/mol. The summed E-state index contributed by atoms with van der Waals surface area (Å²) in [5.41, 5.74) is 2.28. The molecule has 2 amide bonds. The molecule has 2 aromatic carbocycles. The summed E-state index contributed by atoms with van der Waals surface area (Å²) in [6.07, 6.45) is 0.699. The van der Waals surface area contributed by atoms with Crippen molar-refractivity contribution in [1.82, 2.24) is 10.6 Å². The molecule has 2 aromatic rings. The maximum atomic E-state index is 11.7. The second-order valence-electron chi connectivity index (χ2n) is 5.37. The molecule has 0 spiro atoms. The molecule has 0 saturated heterocycles. The molecule has 0 bridgehead atoms.